The van der Waals surface area contributed by atoms with Crippen molar-refractivity contribution in [3.8, 4) is 22.8 Å². The lowest BCUT2D eigenvalue weighted by Crippen LogP contribution is -2.27. The fourth-order valence-corrected chi connectivity index (χ4v) is 3.76. The van der Waals surface area contributed by atoms with Crippen LogP contribution in [-0.4, -0.2) is 25.6 Å². The van der Waals surface area contributed by atoms with E-state index in [-0.39, 0.29) is 23.1 Å². The Balaban J connectivity index is 1.50. The third-order valence-electron chi connectivity index (χ3n) is 5.12. The summed E-state index contributed by atoms with van der Waals surface area (Å²) in [4.78, 5) is 34.1. The lowest BCUT2D eigenvalue weighted by atomic mass is 10.1. The summed E-state index contributed by atoms with van der Waals surface area (Å²) in [7, 11) is 0. The average molecular weight is 476 g/mol. The molecule has 0 unspecified atom stereocenters. The summed E-state index contributed by atoms with van der Waals surface area (Å²) < 4.78 is 20.0. The average Bonchev–Trinajstić information content (AvgIpc) is 3.33. The summed E-state index contributed by atoms with van der Waals surface area (Å²) in [6.45, 7) is -0.278. The van der Waals surface area contributed by atoms with Crippen LogP contribution in [-0.2, 0) is 11.3 Å². The van der Waals surface area contributed by atoms with E-state index in [2.05, 4.69) is 20.4 Å². The Hall–Kier alpha value is -4.37. The van der Waals surface area contributed by atoms with Gasteiger partial charge in [-0.2, -0.15) is 4.98 Å². The van der Waals surface area contributed by atoms with Crippen LogP contribution in [0.25, 0.3) is 33.7 Å². The normalized spacial score (nSPS) is 11.0. The number of carbonyl (C=O) groups is 1. The molecule has 0 aliphatic rings. The minimum absolute atomic E-state index is 0.0577. The van der Waals surface area contributed by atoms with Crippen LogP contribution in [0.3, 0.4) is 0 Å². The van der Waals surface area contributed by atoms with Crippen LogP contribution < -0.4 is 10.9 Å². The maximum atomic E-state index is 13.3. The van der Waals surface area contributed by atoms with Crippen LogP contribution in [0, 0.1) is 5.82 Å². The molecule has 34 heavy (non-hydrogen) atoms. The zero-order chi connectivity index (χ0) is 23.7. The highest BCUT2D eigenvalue weighted by atomic mass is 35.5. The van der Waals surface area contributed by atoms with Crippen molar-refractivity contribution in [1.82, 2.24) is 19.7 Å². The summed E-state index contributed by atoms with van der Waals surface area (Å²) in [6.07, 6.45) is 3.23. The van der Waals surface area contributed by atoms with Crippen LogP contribution in [0.15, 0.2) is 82.4 Å². The Bertz CT molecular complexity index is 1580. The highest BCUT2D eigenvalue weighted by Crippen LogP contribution is 2.28. The summed E-state index contributed by atoms with van der Waals surface area (Å²) in [5.74, 6) is -0.476. The molecule has 5 rings (SSSR count). The van der Waals surface area contributed by atoms with Crippen LogP contribution in [0.2, 0.25) is 5.02 Å². The van der Waals surface area contributed by atoms with E-state index in [0.29, 0.717) is 22.3 Å². The fourth-order valence-electron chi connectivity index (χ4n) is 3.55. The van der Waals surface area contributed by atoms with Crippen molar-refractivity contribution in [2.45, 2.75) is 6.54 Å². The van der Waals surface area contributed by atoms with E-state index in [1.165, 1.54) is 22.8 Å². The number of anilines is 1. The molecular formula is C24H15ClFN5O3. The highest BCUT2D eigenvalue weighted by Gasteiger charge is 2.18. The lowest BCUT2D eigenvalue weighted by molar-refractivity contribution is -0.116. The van der Waals surface area contributed by atoms with Gasteiger partial charge in [0, 0.05) is 29.4 Å². The molecule has 0 fully saturated rings. The smallest absolute Gasteiger partial charge is 0.259 e. The van der Waals surface area contributed by atoms with E-state index in [1.807, 2.05) is 0 Å². The van der Waals surface area contributed by atoms with Crippen molar-refractivity contribution >= 4 is 34.1 Å². The maximum absolute atomic E-state index is 13.3. The van der Waals surface area contributed by atoms with Crippen LogP contribution in [0.5, 0.6) is 0 Å². The first-order valence-corrected chi connectivity index (χ1v) is 10.5. The molecule has 0 bridgehead atoms. The Labute approximate surface area is 196 Å². The van der Waals surface area contributed by atoms with Gasteiger partial charge in [0.2, 0.25) is 11.7 Å². The number of pyridine rings is 2. The first kappa shape index (κ1) is 21.5. The van der Waals surface area contributed by atoms with Gasteiger partial charge in [-0.25, -0.2) is 4.39 Å². The predicted molar refractivity (Wildman–Crippen MR) is 125 cm³/mol. The second kappa shape index (κ2) is 8.87. The number of rotatable bonds is 5. The van der Waals surface area contributed by atoms with Gasteiger partial charge in [-0.1, -0.05) is 35.0 Å². The van der Waals surface area contributed by atoms with Gasteiger partial charge in [0.15, 0.2) is 0 Å². The molecule has 8 nitrogen and oxygen atoms in total. The topological polar surface area (TPSA) is 103 Å². The quantitative estimate of drug-likeness (QED) is 0.400. The monoisotopic (exact) mass is 475 g/mol. The number of fused-ring (bicyclic) bond motifs is 1. The minimum Gasteiger partial charge on any atom is -0.334 e. The van der Waals surface area contributed by atoms with Gasteiger partial charge in [0.1, 0.15) is 12.4 Å². The van der Waals surface area contributed by atoms with Gasteiger partial charge >= 0.3 is 0 Å². The number of aromatic nitrogens is 4. The van der Waals surface area contributed by atoms with Crippen LogP contribution >= 0.6 is 11.6 Å². The molecule has 168 valence electrons. The Morgan fingerprint density at radius 2 is 1.88 bits per heavy atom. The fraction of sp³-hybridized carbons (Fsp3) is 0.0417. The molecule has 1 N–H and O–H groups in total. The van der Waals surface area contributed by atoms with E-state index in [4.69, 9.17) is 16.1 Å². The van der Waals surface area contributed by atoms with Gasteiger partial charge in [-0.05, 0) is 36.4 Å². The van der Waals surface area contributed by atoms with Crippen molar-refractivity contribution < 1.29 is 13.7 Å². The molecule has 0 radical (unpaired) electrons. The van der Waals surface area contributed by atoms with Crippen molar-refractivity contribution in [3.05, 3.63) is 94.3 Å². The molecule has 3 heterocycles. The van der Waals surface area contributed by atoms with Crippen molar-refractivity contribution in [2.24, 2.45) is 0 Å². The largest absolute Gasteiger partial charge is 0.334 e. The van der Waals surface area contributed by atoms with Crippen molar-refractivity contribution in [1.29, 1.82) is 0 Å². The molecular weight excluding hydrogens is 461 g/mol. The van der Waals surface area contributed by atoms with Crippen LogP contribution in [0.4, 0.5) is 10.1 Å². The molecule has 0 saturated carbocycles. The number of amides is 1. The number of halogens is 2. The molecule has 0 saturated heterocycles. The van der Waals surface area contributed by atoms with Gasteiger partial charge < -0.3 is 9.84 Å². The predicted octanol–water partition coefficient (Wildman–Crippen LogP) is 4.54. The molecule has 0 aliphatic heterocycles. The zero-order valence-electron chi connectivity index (χ0n) is 17.4. The van der Waals surface area contributed by atoms with Gasteiger partial charge in [0.05, 0.1) is 21.8 Å². The Kier molecular flexibility index (Phi) is 5.60. The van der Waals surface area contributed by atoms with Crippen molar-refractivity contribution in [3.63, 3.8) is 0 Å². The second-order valence-electron chi connectivity index (χ2n) is 7.33. The second-order valence-corrected chi connectivity index (χ2v) is 7.74. The van der Waals surface area contributed by atoms with Crippen LogP contribution in [0.1, 0.15) is 0 Å². The molecule has 0 aliphatic carbocycles. The summed E-state index contributed by atoms with van der Waals surface area (Å²) in [6, 6.07) is 15.6. The van der Waals surface area contributed by atoms with E-state index < -0.39 is 17.3 Å². The minimum atomic E-state index is -0.520. The summed E-state index contributed by atoms with van der Waals surface area (Å²) in [5, 5.41) is 7.32. The first-order valence-electron chi connectivity index (χ1n) is 10.1. The van der Waals surface area contributed by atoms with Gasteiger partial charge in [-0.3, -0.25) is 19.1 Å². The number of nitrogens with one attached hydrogen (secondary N) is 1. The SMILES string of the molecule is O=C(Cn1c(=O)cc(-c2nc(-c3ccncc3)no2)c2ccccc21)Nc1ccc(F)cc1Cl. The number of nitrogens with zero attached hydrogens (tertiary/aromatic N) is 4. The highest BCUT2D eigenvalue weighted by molar-refractivity contribution is 6.33. The van der Waals surface area contributed by atoms with Crippen molar-refractivity contribution in [2.75, 3.05) is 5.32 Å². The number of para-hydroxylation sites is 1. The molecule has 0 spiro atoms. The van der Waals surface area contributed by atoms with E-state index in [1.54, 1.807) is 48.8 Å². The molecule has 1 amide bonds. The third kappa shape index (κ3) is 4.16. The zero-order valence-corrected chi connectivity index (χ0v) is 18.2. The molecule has 5 aromatic rings. The van der Waals surface area contributed by atoms with E-state index in [9.17, 15) is 14.0 Å². The molecule has 2 aromatic carbocycles. The number of benzene rings is 2. The van der Waals surface area contributed by atoms with Gasteiger partial charge in [-0.15, -0.1) is 0 Å². The number of hydrogen-bond acceptors (Lipinski definition) is 6. The standard InChI is InChI=1S/C24H15ClFN5O3/c25-18-11-15(26)5-6-19(18)28-21(32)13-31-20-4-2-1-3-16(20)17(12-22(31)33)24-29-23(30-34-24)14-7-9-27-10-8-14/h1-12H,13H2,(H,28,32). The first-order chi connectivity index (χ1) is 16.5. The Morgan fingerprint density at radius 1 is 1.09 bits per heavy atom. The summed E-state index contributed by atoms with van der Waals surface area (Å²) in [5.41, 5.74) is 1.49. The maximum Gasteiger partial charge on any atom is 0.259 e. The molecule has 3 aromatic heterocycles. The lowest BCUT2D eigenvalue weighted by Gasteiger charge is -2.13. The number of carbonyl (C=O) groups excluding carboxylic acids is 1. The number of hydrogen-bond donors (Lipinski definition) is 1. The third-order valence-corrected chi connectivity index (χ3v) is 5.43. The van der Waals surface area contributed by atoms with E-state index >= 15 is 0 Å². The summed E-state index contributed by atoms with van der Waals surface area (Å²) >= 11 is 5.99. The molecule has 10 heteroatoms. The Morgan fingerprint density at radius 3 is 2.68 bits per heavy atom. The molecule has 0 atom stereocenters. The van der Waals surface area contributed by atoms with Gasteiger partial charge in [0.25, 0.3) is 11.4 Å². The van der Waals surface area contributed by atoms with E-state index in [0.717, 1.165) is 11.6 Å².